The van der Waals surface area contributed by atoms with Gasteiger partial charge in [-0.25, -0.2) is 9.37 Å². The van der Waals surface area contributed by atoms with Gasteiger partial charge in [0, 0.05) is 18.3 Å². The van der Waals surface area contributed by atoms with Gasteiger partial charge in [0.2, 0.25) is 17.6 Å². The molecule has 0 unspecified atom stereocenters. The Labute approximate surface area is 160 Å². The van der Waals surface area contributed by atoms with Crippen LogP contribution in [0.2, 0.25) is 5.02 Å². The van der Waals surface area contributed by atoms with Gasteiger partial charge in [-0.1, -0.05) is 23.7 Å². The average Bonchev–Trinajstić information content (AvgIpc) is 2.69. The highest BCUT2D eigenvalue weighted by Gasteiger charge is 2.13. The summed E-state index contributed by atoms with van der Waals surface area (Å²) in [5.41, 5.74) is 0.943. The highest BCUT2D eigenvalue weighted by atomic mass is 35.5. The Morgan fingerprint density at radius 1 is 1.07 bits per heavy atom. The minimum absolute atomic E-state index is 0.0140. The maximum absolute atomic E-state index is 14.0. The number of ether oxygens (including phenoxy) is 3. The number of nitrogens with one attached hydrogen (secondary N) is 1. The fraction of sp³-hybridized carbons (Fsp3) is 0.167. The number of anilines is 1. The highest BCUT2D eigenvalue weighted by molar-refractivity contribution is 6.31. The van der Waals surface area contributed by atoms with Crippen LogP contribution in [0.3, 0.4) is 0 Å². The van der Waals surface area contributed by atoms with Crippen molar-refractivity contribution in [3.05, 3.63) is 59.0 Å². The molecule has 0 atom stereocenters. The van der Waals surface area contributed by atoms with Crippen molar-refractivity contribution in [2.24, 2.45) is 0 Å². The van der Waals surface area contributed by atoms with Gasteiger partial charge < -0.3 is 19.5 Å². The van der Waals surface area contributed by atoms with Crippen LogP contribution in [0.25, 0.3) is 0 Å². The quantitative estimate of drug-likeness (QED) is 0.651. The van der Waals surface area contributed by atoms with E-state index in [0.717, 1.165) is 0 Å². The third-order valence-corrected chi connectivity index (χ3v) is 3.83. The Hall–Kier alpha value is -3.13. The zero-order valence-electron chi connectivity index (χ0n) is 14.6. The number of methoxy groups -OCH3 is 2. The largest absolute Gasteiger partial charge is 0.481 e. The number of nitrogens with zero attached hydrogens (tertiary/aromatic N) is 3. The maximum Gasteiger partial charge on any atom is 0.330 e. The number of benzene rings is 1. The Morgan fingerprint density at radius 2 is 1.81 bits per heavy atom. The number of pyridine rings is 1. The predicted molar refractivity (Wildman–Crippen MR) is 98.2 cm³/mol. The zero-order valence-corrected chi connectivity index (χ0v) is 15.3. The van der Waals surface area contributed by atoms with Gasteiger partial charge >= 0.3 is 6.01 Å². The Kier molecular flexibility index (Phi) is 5.87. The normalized spacial score (nSPS) is 10.4. The molecule has 1 aromatic carbocycles. The lowest BCUT2D eigenvalue weighted by Gasteiger charge is -2.12. The van der Waals surface area contributed by atoms with Crippen LogP contribution in [-0.2, 0) is 6.54 Å². The number of hydrogen-bond donors (Lipinski definition) is 1. The van der Waals surface area contributed by atoms with Crippen molar-refractivity contribution in [1.82, 2.24) is 15.0 Å². The van der Waals surface area contributed by atoms with Crippen molar-refractivity contribution in [2.75, 3.05) is 19.5 Å². The van der Waals surface area contributed by atoms with Gasteiger partial charge in [-0.05, 0) is 18.2 Å². The highest BCUT2D eigenvalue weighted by Crippen LogP contribution is 2.26. The second kappa shape index (κ2) is 8.50. The van der Waals surface area contributed by atoms with Crippen LogP contribution >= 0.6 is 11.6 Å². The summed E-state index contributed by atoms with van der Waals surface area (Å²) < 4.78 is 29.9. The topological polar surface area (TPSA) is 78.4 Å². The van der Waals surface area contributed by atoms with Crippen LogP contribution in [0.1, 0.15) is 5.56 Å². The minimum Gasteiger partial charge on any atom is -0.481 e. The van der Waals surface area contributed by atoms with Crippen molar-refractivity contribution < 1.29 is 18.6 Å². The van der Waals surface area contributed by atoms with Crippen LogP contribution in [0.5, 0.6) is 23.7 Å². The molecule has 0 amide bonds. The van der Waals surface area contributed by atoms with E-state index in [1.54, 1.807) is 30.5 Å². The first kappa shape index (κ1) is 18.7. The summed E-state index contributed by atoms with van der Waals surface area (Å²) in [6.45, 7) is 0.252. The molecule has 27 heavy (non-hydrogen) atoms. The fourth-order valence-corrected chi connectivity index (χ4v) is 2.38. The van der Waals surface area contributed by atoms with Gasteiger partial charge in [0.25, 0.3) is 0 Å². The first-order valence-corrected chi connectivity index (χ1v) is 8.25. The van der Waals surface area contributed by atoms with Crippen LogP contribution in [0.15, 0.2) is 42.6 Å². The smallest absolute Gasteiger partial charge is 0.330 e. The molecule has 0 spiro atoms. The van der Waals surface area contributed by atoms with E-state index < -0.39 is 5.82 Å². The summed E-state index contributed by atoms with van der Waals surface area (Å²) in [7, 11) is 2.95. The molecule has 0 aliphatic carbocycles. The number of hydrogen-bond acceptors (Lipinski definition) is 7. The molecule has 9 heteroatoms. The van der Waals surface area contributed by atoms with Crippen molar-refractivity contribution in [2.45, 2.75) is 6.54 Å². The van der Waals surface area contributed by atoms with E-state index in [1.807, 2.05) is 0 Å². The summed E-state index contributed by atoms with van der Waals surface area (Å²) in [6.07, 6.45) is 1.57. The molecule has 0 radical (unpaired) electrons. The van der Waals surface area contributed by atoms with Crippen LogP contribution < -0.4 is 19.5 Å². The third-order valence-electron chi connectivity index (χ3n) is 3.54. The summed E-state index contributed by atoms with van der Waals surface area (Å²) in [6, 6.07) is 9.79. The van der Waals surface area contributed by atoms with Gasteiger partial charge in [0.15, 0.2) is 5.82 Å². The molecule has 0 saturated heterocycles. The number of rotatable bonds is 7. The summed E-state index contributed by atoms with van der Waals surface area (Å²) in [4.78, 5) is 12.4. The first-order valence-electron chi connectivity index (χ1n) is 7.87. The zero-order chi connectivity index (χ0) is 19.2. The molecule has 0 bridgehead atoms. The van der Waals surface area contributed by atoms with E-state index in [9.17, 15) is 4.39 Å². The monoisotopic (exact) mass is 390 g/mol. The molecule has 2 aromatic heterocycles. The van der Waals surface area contributed by atoms with Crippen LogP contribution in [-0.4, -0.2) is 29.2 Å². The lowest BCUT2D eigenvalue weighted by molar-refractivity contribution is 0.344. The van der Waals surface area contributed by atoms with Gasteiger partial charge in [0.05, 0.1) is 31.0 Å². The van der Waals surface area contributed by atoms with Crippen molar-refractivity contribution in [3.8, 4) is 23.7 Å². The minimum atomic E-state index is -0.522. The van der Waals surface area contributed by atoms with E-state index in [4.69, 9.17) is 25.8 Å². The molecular weight excluding hydrogens is 375 g/mol. The maximum atomic E-state index is 14.0. The molecule has 0 saturated carbocycles. The molecule has 3 aromatic rings. The molecule has 0 aliphatic rings. The molecule has 3 rings (SSSR count). The molecule has 7 nitrogen and oxygen atoms in total. The number of aromatic nitrogens is 3. The van der Waals surface area contributed by atoms with E-state index >= 15 is 0 Å². The van der Waals surface area contributed by atoms with E-state index in [2.05, 4.69) is 20.3 Å². The predicted octanol–water partition coefficient (Wildman–Crippen LogP) is 4.09. The molecule has 1 N–H and O–H groups in total. The molecule has 0 aliphatic heterocycles. The molecule has 2 heterocycles. The number of halogens is 2. The molecule has 140 valence electrons. The van der Waals surface area contributed by atoms with Gasteiger partial charge in [-0.15, -0.1) is 0 Å². The van der Waals surface area contributed by atoms with E-state index in [0.29, 0.717) is 5.56 Å². The standard InChI is InChI=1S/C18H16ClFN4O3/c1-25-14-9-15(26-2)24-18(23-14)27-17-11(5-4-8-21-17)10-22-13-7-3-6-12(19)16(13)20/h3-9,22H,10H2,1-2H3. The second-order valence-electron chi connectivity index (χ2n) is 5.26. The Morgan fingerprint density at radius 3 is 2.52 bits per heavy atom. The van der Waals surface area contributed by atoms with Crippen molar-refractivity contribution in [3.63, 3.8) is 0 Å². The Balaban J connectivity index is 1.81. The molecular formula is C18H16ClFN4O3. The van der Waals surface area contributed by atoms with Crippen LogP contribution in [0.4, 0.5) is 10.1 Å². The summed E-state index contributed by atoms with van der Waals surface area (Å²) in [5, 5.41) is 3.01. The van der Waals surface area contributed by atoms with Gasteiger partial charge in [-0.2, -0.15) is 9.97 Å². The lowest BCUT2D eigenvalue weighted by Crippen LogP contribution is -2.05. The van der Waals surface area contributed by atoms with Gasteiger partial charge in [-0.3, -0.25) is 0 Å². The second-order valence-corrected chi connectivity index (χ2v) is 5.67. The lowest BCUT2D eigenvalue weighted by atomic mass is 10.2. The van der Waals surface area contributed by atoms with Crippen molar-refractivity contribution in [1.29, 1.82) is 0 Å². The molecule has 0 fully saturated rings. The van der Waals surface area contributed by atoms with Crippen molar-refractivity contribution >= 4 is 17.3 Å². The first-order chi connectivity index (χ1) is 13.1. The average molecular weight is 391 g/mol. The van der Waals surface area contributed by atoms with E-state index in [-0.39, 0.29) is 40.9 Å². The van der Waals surface area contributed by atoms with Crippen LogP contribution in [0, 0.1) is 5.82 Å². The third kappa shape index (κ3) is 4.53. The van der Waals surface area contributed by atoms with Gasteiger partial charge in [0.1, 0.15) is 0 Å². The summed E-state index contributed by atoms with van der Waals surface area (Å²) in [5.74, 6) is 0.316. The Bertz CT molecular complexity index is 920. The SMILES string of the molecule is COc1cc(OC)nc(Oc2ncccc2CNc2cccc(Cl)c2F)n1. The fourth-order valence-electron chi connectivity index (χ4n) is 2.21. The summed E-state index contributed by atoms with van der Waals surface area (Å²) >= 11 is 5.80. The van der Waals surface area contributed by atoms with E-state index in [1.165, 1.54) is 26.4 Å².